The largest absolute Gasteiger partial charge is 0.508 e. The van der Waals surface area contributed by atoms with Gasteiger partial charge in [-0.3, -0.25) is 4.79 Å². The van der Waals surface area contributed by atoms with Crippen LogP contribution in [0.4, 0.5) is 0 Å². The lowest BCUT2D eigenvalue weighted by Gasteiger charge is -2.08. The van der Waals surface area contributed by atoms with Crippen molar-refractivity contribution in [2.45, 2.75) is 20.3 Å². The van der Waals surface area contributed by atoms with Crippen molar-refractivity contribution in [3.63, 3.8) is 0 Å². The van der Waals surface area contributed by atoms with Crippen molar-refractivity contribution in [2.24, 2.45) is 0 Å². The predicted octanol–water partition coefficient (Wildman–Crippen LogP) is 4.22. The number of benzene rings is 2. The monoisotopic (exact) mass is 354 g/mol. The molecule has 0 unspecified atom stereocenters. The summed E-state index contributed by atoms with van der Waals surface area (Å²) in [4.78, 5) is 12.4. The molecule has 2 aromatic carbocycles. The summed E-state index contributed by atoms with van der Waals surface area (Å²) in [6.45, 7) is 3.97. The van der Waals surface area contributed by atoms with E-state index in [0.29, 0.717) is 6.42 Å². The summed E-state index contributed by atoms with van der Waals surface area (Å²) in [5, 5.41) is 29.4. The Kier molecular flexibility index (Phi) is 6.07. The Morgan fingerprint density at radius 3 is 2.46 bits per heavy atom. The van der Waals surface area contributed by atoms with Gasteiger partial charge in [0.15, 0.2) is 5.78 Å². The summed E-state index contributed by atoms with van der Waals surface area (Å²) in [5.74, 6) is -0.719. The molecule has 0 fully saturated rings. The minimum absolute atomic E-state index is 0.0231. The van der Waals surface area contributed by atoms with E-state index in [9.17, 15) is 20.1 Å². The van der Waals surface area contributed by atoms with Crippen LogP contribution in [-0.4, -0.2) is 28.2 Å². The van der Waals surface area contributed by atoms with Crippen molar-refractivity contribution in [3.05, 3.63) is 64.7 Å². The van der Waals surface area contributed by atoms with E-state index in [1.54, 1.807) is 24.3 Å². The Bertz CT molecular complexity index is 874. The molecule has 0 atom stereocenters. The van der Waals surface area contributed by atoms with E-state index in [4.69, 9.17) is 4.74 Å². The normalized spacial score (nSPS) is 10.7. The van der Waals surface area contributed by atoms with Gasteiger partial charge in [0.1, 0.15) is 28.6 Å². The first-order valence-corrected chi connectivity index (χ1v) is 8.09. The van der Waals surface area contributed by atoms with Crippen molar-refractivity contribution in [2.75, 3.05) is 7.11 Å². The number of phenolic OH excluding ortho intramolecular Hbond substituents is 3. The molecule has 5 nitrogen and oxygen atoms in total. The van der Waals surface area contributed by atoms with Gasteiger partial charge in [-0.1, -0.05) is 23.8 Å². The van der Waals surface area contributed by atoms with Crippen molar-refractivity contribution in [1.82, 2.24) is 0 Å². The number of carbonyl (C=O) groups excluding carboxylic acids is 1. The van der Waals surface area contributed by atoms with Crippen LogP contribution in [0.25, 0.3) is 6.08 Å². The first kappa shape index (κ1) is 19.1. The number of phenols is 3. The van der Waals surface area contributed by atoms with Crippen LogP contribution >= 0.6 is 0 Å². The molecule has 0 spiro atoms. The van der Waals surface area contributed by atoms with Gasteiger partial charge in [0, 0.05) is 12.1 Å². The van der Waals surface area contributed by atoms with Gasteiger partial charge >= 0.3 is 0 Å². The molecule has 0 radical (unpaired) electrons. The number of aromatic hydroxyl groups is 3. The summed E-state index contributed by atoms with van der Waals surface area (Å²) in [5.41, 5.74) is 2.62. The van der Waals surface area contributed by atoms with E-state index in [1.807, 2.05) is 19.9 Å². The Morgan fingerprint density at radius 2 is 1.81 bits per heavy atom. The molecule has 0 aromatic heterocycles. The van der Waals surface area contributed by atoms with Crippen LogP contribution in [0.3, 0.4) is 0 Å². The summed E-state index contributed by atoms with van der Waals surface area (Å²) >= 11 is 0. The van der Waals surface area contributed by atoms with Crippen molar-refractivity contribution in [3.8, 4) is 23.0 Å². The van der Waals surface area contributed by atoms with Crippen molar-refractivity contribution >= 4 is 11.9 Å². The first-order chi connectivity index (χ1) is 12.3. The van der Waals surface area contributed by atoms with Gasteiger partial charge < -0.3 is 20.1 Å². The fourth-order valence-electron chi connectivity index (χ4n) is 2.44. The lowest BCUT2D eigenvalue weighted by molar-refractivity contribution is 0.104. The quantitative estimate of drug-likeness (QED) is 0.411. The van der Waals surface area contributed by atoms with E-state index in [0.717, 1.165) is 22.8 Å². The molecule has 0 heterocycles. The lowest BCUT2D eigenvalue weighted by atomic mass is 10.0. The summed E-state index contributed by atoms with van der Waals surface area (Å²) < 4.78 is 5.06. The van der Waals surface area contributed by atoms with Gasteiger partial charge in [-0.05, 0) is 49.6 Å². The molecule has 0 saturated heterocycles. The standard InChI is InChI=1S/C21H22O5/c1-13(2)4-7-15-10-14(5-8-17(15)23)6-9-18(24)21-19(25)11-16(22)12-20(21)26-3/h4-6,8-12,22-23,25H,7H2,1-3H3. The van der Waals surface area contributed by atoms with E-state index in [1.165, 1.54) is 19.3 Å². The number of allylic oxidation sites excluding steroid dienone is 3. The van der Waals surface area contributed by atoms with Crippen LogP contribution in [0.1, 0.15) is 35.3 Å². The average molecular weight is 354 g/mol. The van der Waals surface area contributed by atoms with Crippen LogP contribution in [0.2, 0.25) is 0 Å². The maximum Gasteiger partial charge on any atom is 0.193 e. The molecule has 0 aliphatic carbocycles. The Morgan fingerprint density at radius 1 is 1.08 bits per heavy atom. The highest BCUT2D eigenvalue weighted by atomic mass is 16.5. The fourth-order valence-corrected chi connectivity index (χ4v) is 2.44. The number of rotatable bonds is 6. The van der Waals surface area contributed by atoms with Crippen LogP contribution in [0, 0.1) is 0 Å². The zero-order valence-electron chi connectivity index (χ0n) is 15.0. The van der Waals surface area contributed by atoms with E-state index >= 15 is 0 Å². The van der Waals surface area contributed by atoms with Gasteiger partial charge in [0.05, 0.1) is 7.11 Å². The molecular formula is C21H22O5. The number of carbonyl (C=O) groups is 1. The van der Waals surface area contributed by atoms with Gasteiger partial charge in [-0.25, -0.2) is 0 Å². The minimum atomic E-state index is -0.460. The van der Waals surface area contributed by atoms with Crippen LogP contribution in [0.15, 0.2) is 48.1 Å². The second-order valence-corrected chi connectivity index (χ2v) is 6.11. The molecular weight excluding hydrogens is 332 g/mol. The maximum absolute atomic E-state index is 12.4. The molecule has 136 valence electrons. The zero-order valence-corrected chi connectivity index (χ0v) is 15.0. The highest BCUT2D eigenvalue weighted by Crippen LogP contribution is 2.33. The third-order valence-electron chi connectivity index (χ3n) is 3.79. The molecule has 5 heteroatoms. The van der Waals surface area contributed by atoms with E-state index < -0.39 is 5.78 Å². The van der Waals surface area contributed by atoms with Gasteiger partial charge in [0.25, 0.3) is 0 Å². The van der Waals surface area contributed by atoms with Gasteiger partial charge in [-0.2, -0.15) is 0 Å². The molecule has 2 rings (SSSR count). The van der Waals surface area contributed by atoms with Crippen LogP contribution in [-0.2, 0) is 6.42 Å². The molecule has 0 aliphatic rings. The third kappa shape index (κ3) is 4.66. The third-order valence-corrected chi connectivity index (χ3v) is 3.79. The summed E-state index contributed by atoms with van der Waals surface area (Å²) in [6.07, 6.45) is 5.51. The van der Waals surface area contributed by atoms with Crippen molar-refractivity contribution in [1.29, 1.82) is 0 Å². The number of hydrogen-bond donors (Lipinski definition) is 3. The first-order valence-electron chi connectivity index (χ1n) is 8.09. The number of ether oxygens (including phenoxy) is 1. The topological polar surface area (TPSA) is 87.0 Å². The second-order valence-electron chi connectivity index (χ2n) is 6.11. The average Bonchev–Trinajstić information content (AvgIpc) is 2.58. The Balaban J connectivity index is 2.29. The SMILES string of the molecule is COc1cc(O)cc(O)c1C(=O)C=Cc1ccc(O)c(CC=C(C)C)c1. The van der Waals surface area contributed by atoms with E-state index in [-0.39, 0.29) is 28.6 Å². The van der Waals surface area contributed by atoms with Gasteiger partial charge in [-0.15, -0.1) is 0 Å². The molecule has 0 aliphatic heterocycles. The van der Waals surface area contributed by atoms with Crippen LogP contribution in [0.5, 0.6) is 23.0 Å². The van der Waals surface area contributed by atoms with Crippen LogP contribution < -0.4 is 4.74 Å². The van der Waals surface area contributed by atoms with Gasteiger partial charge in [0.2, 0.25) is 0 Å². The molecule has 26 heavy (non-hydrogen) atoms. The molecule has 0 amide bonds. The minimum Gasteiger partial charge on any atom is -0.508 e. The number of methoxy groups -OCH3 is 1. The molecule has 3 N–H and O–H groups in total. The molecule has 0 bridgehead atoms. The smallest absolute Gasteiger partial charge is 0.193 e. The number of ketones is 1. The Labute approximate surface area is 152 Å². The molecule has 0 saturated carbocycles. The van der Waals surface area contributed by atoms with Crippen molar-refractivity contribution < 1.29 is 24.9 Å². The second kappa shape index (κ2) is 8.25. The fraction of sp³-hybridized carbons (Fsp3) is 0.190. The highest BCUT2D eigenvalue weighted by molar-refractivity contribution is 6.10. The summed E-state index contributed by atoms with van der Waals surface area (Å²) in [7, 11) is 1.35. The Hall–Kier alpha value is -3.21. The predicted molar refractivity (Wildman–Crippen MR) is 101 cm³/mol. The zero-order chi connectivity index (χ0) is 19.3. The number of hydrogen-bond acceptors (Lipinski definition) is 5. The maximum atomic E-state index is 12.4. The summed E-state index contributed by atoms with van der Waals surface area (Å²) in [6, 6.07) is 7.42. The molecule has 2 aromatic rings. The van der Waals surface area contributed by atoms with E-state index in [2.05, 4.69) is 0 Å². The lowest BCUT2D eigenvalue weighted by Crippen LogP contribution is -1.99. The highest BCUT2D eigenvalue weighted by Gasteiger charge is 2.16.